The molecule has 17 heavy (non-hydrogen) atoms. The number of hydrogen-bond acceptors (Lipinski definition) is 5. The van der Waals surface area contributed by atoms with Crippen molar-refractivity contribution in [2.75, 3.05) is 0 Å². The fourth-order valence-corrected chi connectivity index (χ4v) is 1.50. The van der Waals surface area contributed by atoms with Crippen LogP contribution in [0.2, 0.25) is 0 Å². The number of aryl methyl sites for hydroxylation is 1. The van der Waals surface area contributed by atoms with Gasteiger partial charge in [-0.15, -0.1) is 0 Å². The number of nitro groups is 1. The second-order valence-electron chi connectivity index (χ2n) is 3.46. The molecule has 0 bridgehead atoms. The van der Waals surface area contributed by atoms with Gasteiger partial charge in [-0.2, -0.15) is 5.10 Å². The van der Waals surface area contributed by atoms with E-state index in [0.29, 0.717) is 17.1 Å². The molecule has 0 fully saturated rings. The van der Waals surface area contributed by atoms with Crippen molar-refractivity contribution in [3.63, 3.8) is 0 Å². The van der Waals surface area contributed by atoms with E-state index in [1.165, 1.54) is 29.2 Å². The molecule has 0 aliphatic rings. The molecule has 7 nitrogen and oxygen atoms in total. The number of benzene rings is 1. The van der Waals surface area contributed by atoms with E-state index in [0.717, 1.165) is 0 Å². The third-order valence-electron chi connectivity index (χ3n) is 2.30. The molecule has 0 spiro atoms. The summed E-state index contributed by atoms with van der Waals surface area (Å²) in [5.41, 5.74) is 0.956. The monoisotopic (exact) mass is 234 g/mol. The van der Waals surface area contributed by atoms with Gasteiger partial charge in [0.1, 0.15) is 12.2 Å². The fourth-order valence-electron chi connectivity index (χ4n) is 1.50. The van der Waals surface area contributed by atoms with Crippen LogP contribution in [0.1, 0.15) is 11.4 Å². The minimum absolute atomic E-state index is 0.0605. The van der Waals surface area contributed by atoms with Crippen molar-refractivity contribution in [1.29, 1.82) is 0 Å². The molecular weight excluding hydrogens is 224 g/mol. The average Bonchev–Trinajstić information content (AvgIpc) is 2.74. The van der Waals surface area contributed by atoms with Crippen molar-refractivity contribution in [3.8, 4) is 5.69 Å². The highest BCUT2D eigenvalue weighted by Crippen LogP contribution is 2.20. The van der Waals surface area contributed by atoms with Gasteiger partial charge >= 0.3 is 0 Å². The number of aromatic nitrogens is 3. The summed E-state index contributed by atoms with van der Waals surface area (Å²) in [7, 11) is 0. The first-order valence-electron chi connectivity index (χ1n) is 4.88. The van der Waals surface area contributed by atoms with Crippen LogP contribution in [0.3, 0.4) is 0 Å². The number of aliphatic hydroxyl groups excluding tert-OH is 1. The number of non-ortho nitro benzene ring substituents is 1. The molecule has 0 aliphatic heterocycles. The third-order valence-corrected chi connectivity index (χ3v) is 2.30. The molecule has 2 rings (SSSR count). The minimum atomic E-state index is -0.504. The molecule has 0 radical (unpaired) electrons. The lowest BCUT2D eigenvalue weighted by molar-refractivity contribution is -0.384. The molecule has 2 aromatic rings. The lowest BCUT2D eigenvalue weighted by Gasteiger charge is -2.06. The highest BCUT2D eigenvalue weighted by atomic mass is 16.6. The zero-order valence-electron chi connectivity index (χ0n) is 9.07. The van der Waals surface area contributed by atoms with Gasteiger partial charge in [0.2, 0.25) is 0 Å². The number of aliphatic hydroxyl groups is 1. The van der Waals surface area contributed by atoms with Gasteiger partial charge in [-0.25, -0.2) is 9.67 Å². The molecule has 1 aromatic heterocycles. The first-order valence-corrected chi connectivity index (χ1v) is 4.88. The van der Waals surface area contributed by atoms with Crippen molar-refractivity contribution in [1.82, 2.24) is 14.8 Å². The summed E-state index contributed by atoms with van der Waals surface area (Å²) >= 11 is 0. The Hall–Kier alpha value is -2.28. The maximum absolute atomic E-state index is 10.6. The Morgan fingerprint density at radius 1 is 1.53 bits per heavy atom. The van der Waals surface area contributed by atoms with Crippen LogP contribution in [-0.2, 0) is 6.61 Å². The van der Waals surface area contributed by atoms with Crippen LogP contribution < -0.4 is 0 Å². The average molecular weight is 234 g/mol. The number of hydrogen-bond donors (Lipinski definition) is 1. The van der Waals surface area contributed by atoms with E-state index in [4.69, 9.17) is 0 Å². The van der Waals surface area contributed by atoms with E-state index in [1.54, 1.807) is 6.92 Å². The molecule has 7 heteroatoms. The Balaban J connectivity index is 2.51. The van der Waals surface area contributed by atoms with Crippen LogP contribution in [0.15, 0.2) is 24.5 Å². The van der Waals surface area contributed by atoms with Crippen LogP contribution in [0.5, 0.6) is 0 Å². The summed E-state index contributed by atoms with van der Waals surface area (Å²) in [5.74, 6) is 0.590. The van der Waals surface area contributed by atoms with Gasteiger partial charge in [0.05, 0.1) is 17.2 Å². The normalized spacial score (nSPS) is 10.5. The molecule has 88 valence electrons. The van der Waals surface area contributed by atoms with Gasteiger partial charge in [-0.3, -0.25) is 10.1 Å². The Morgan fingerprint density at radius 2 is 2.29 bits per heavy atom. The summed E-state index contributed by atoms with van der Waals surface area (Å²) in [6.45, 7) is 1.44. The zero-order valence-corrected chi connectivity index (χ0v) is 9.07. The first kappa shape index (κ1) is 11.2. The largest absolute Gasteiger partial charge is 0.392 e. The van der Waals surface area contributed by atoms with Crippen LogP contribution in [0.4, 0.5) is 5.69 Å². The van der Waals surface area contributed by atoms with Crippen LogP contribution in [0, 0.1) is 17.0 Å². The topological polar surface area (TPSA) is 94.1 Å². The van der Waals surface area contributed by atoms with E-state index in [2.05, 4.69) is 10.1 Å². The Labute approximate surface area is 96.5 Å². The summed E-state index contributed by atoms with van der Waals surface area (Å²) < 4.78 is 1.48. The molecule has 0 atom stereocenters. The molecule has 0 aliphatic carbocycles. The van der Waals surface area contributed by atoms with Crippen molar-refractivity contribution < 1.29 is 10.0 Å². The highest BCUT2D eigenvalue weighted by molar-refractivity contribution is 5.47. The summed E-state index contributed by atoms with van der Waals surface area (Å²) in [4.78, 5) is 14.1. The molecule has 1 heterocycles. The first-order chi connectivity index (χ1) is 8.11. The van der Waals surface area contributed by atoms with Crippen LogP contribution in [-0.4, -0.2) is 24.8 Å². The second-order valence-corrected chi connectivity index (χ2v) is 3.46. The standard InChI is InChI=1S/C10H10N4O3/c1-7-11-6-13(12-7)10-3-2-9(14(16)17)4-8(10)5-15/h2-4,6,15H,5H2,1H3. The molecular formula is C10H10N4O3. The van der Waals surface area contributed by atoms with Crippen molar-refractivity contribution in [3.05, 3.63) is 46.0 Å². The second kappa shape index (κ2) is 4.30. The smallest absolute Gasteiger partial charge is 0.269 e. The van der Waals surface area contributed by atoms with E-state index in [1.807, 2.05) is 0 Å². The van der Waals surface area contributed by atoms with Gasteiger partial charge in [-0.1, -0.05) is 0 Å². The van der Waals surface area contributed by atoms with Crippen LogP contribution >= 0.6 is 0 Å². The molecule has 0 saturated heterocycles. The zero-order chi connectivity index (χ0) is 12.4. The third kappa shape index (κ3) is 2.13. The molecule has 1 N–H and O–H groups in total. The Morgan fingerprint density at radius 3 is 2.82 bits per heavy atom. The maximum atomic E-state index is 10.6. The van der Waals surface area contributed by atoms with Crippen molar-refractivity contribution in [2.45, 2.75) is 13.5 Å². The lowest BCUT2D eigenvalue weighted by Crippen LogP contribution is -2.02. The lowest BCUT2D eigenvalue weighted by atomic mass is 10.1. The van der Waals surface area contributed by atoms with Gasteiger partial charge in [0.25, 0.3) is 5.69 Å². The SMILES string of the molecule is Cc1ncn(-c2ccc([N+](=O)[O-])cc2CO)n1. The van der Waals surface area contributed by atoms with E-state index < -0.39 is 4.92 Å². The molecule has 1 aromatic carbocycles. The van der Waals surface area contributed by atoms with Crippen molar-refractivity contribution >= 4 is 5.69 Å². The molecule has 0 saturated carbocycles. The van der Waals surface area contributed by atoms with Gasteiger partial charge in [0.15, 0.2) is 0 Å². The highest BCUT2D eigenvalue weighted by Gasteiger charge is 2.12. The van der Waals surface area contributed by atoms with Gasteiger partial charge in [0, 0.05) is 17.7 Å². The quantitative estimate of drug-likeness (QED) is 0.631. The predicted octanol–water partition coefficient (Wildman–Crippen LogP) is 0.976. The predicted molar refractivity (Wildman–Crippen MR) is 58.7 cm³/mol. The number of nitro benzene ring substituents is 1. The number of rotatable bonds is 3. The van der Waals surface area contributed by atoms with E-state index in [-0.39, 0.29) is 12.3 Å². The van der Waals surface area contributed by atoms with E-state index >= 15 is 0 Å². The molecule has 0 unspecified atom stereocenters. The summed E-state index contributed by atoms with van der Waals surface area (Å²) in [6, 6.07) is 4.23. The molecule has 0 amide bonds. The van der Waals surface area contributed by atoms with Gasteiger partial charge in [-0.05, 0) is 13.0 Å². The summed E-state index contributed by atoms with van der Waals surface area (Å²) in [6.07, 6.45) is 1.50. The Kier molecular flexibility index (Phi) is 2.84. The number of nitrogens with zero attached hydrogens (tertiary/aromatic N) is 4. The minimum Gasteiger partial charge on any atom is -0.392 e. The summed E-state index contributed by atoms with van der Waals surface area (Å²) in [5, 5.41) is 23.9. The van der Waals surface area contributed by atoms with Crippen LogP contribution in [0.25, 0.3) is 5.69 Å². The van der Waals surface area contributed by atoms with E-state index in [9.17, 15) is 15.2 Å². The van der Waals surface area contributed by atoms with Crippen molar-refractivity contribution in [2.24, 2.45) is 0 Å². The fraction of sp³-hybridized carbons (Fsp3) is 0.200. The Bertz CT molecular complexity index is 564. The van der Waals surface area contributed by atoms with Gasteiger partial charge < -0.3 is 5.11 Å². The maximum Gasteiger partial charge on any atom is 0.269 e.